The number of benzene rings is 1. The minimum atomic E-state index is -0.671. The highest BCUT2D eigenvalue weighted by Gasteiger charge is 2.46. The number of hydrogen-bond donors (Lipinski definition) is 1. The predicted molar refractivity (Wildman–Crippen MR) is 85.2 cm³/mol. The molecule has 4 amide bonds. The first-order chi connectivity index (χ1) is 11.6. The Hall–Kier alpha value is -2.44. The quantitative estimate of drug-likeness (QED) is 0.804. The van der Waals surface area contributed by atoms with Crippen LogP contribution in [0.5, 0.6) is 0 Å². The lowest BCUT2D eigenvalue weighted by atomic mass is 10.0. The van der Waals surface area contributed by atoms with Crippen molar-refractivity contribution in [2.45, 2.75) is 44.6 Å². The topological polar surface area (TPSA) is 69.7 Å². The number of imide groups is 1. The number of halogens is 1. The van der Waals surface area contributed by atoms with Crippen LogP contribution in [0.25, 0.3) is 0 Å². The largest absolute Gasteiger partial charge is 0.332 e. The summed E-state index contributed by atoms with van der Waals surface area (Å²) < 4.78 is 14.5. The van der Waals surface area contributed by atoms with Crippen molar-refractivity contribution in [2.75, 3.05) is 16.8 Å². The van der Waals surface area contributed by atoms with Gasteiger partial charge in [-0.2, -0.15) is 0 Å². The number of fused-ring (bicyclic) bond motifs is 2. The molecular formula is C17H18FN3O3. The highest BCUT2D eigenvalue weighted by Crippen LogP contribution is 2.35. The number of urea groups is 1. The van der Waals surface area contributed by atoms with Gasteiger partial charge in [-0.25, -0.2) is 14.1 Å². The second-order valence-corrected chi connectivity index (χ2v) is 6.52. The summed E-state index contributed by atoms with van der Waals surface area (Å²) in [5.74, 6) is -1.17. The van der Waals surface area contributed by atoms with Crippen molar-refractivity contribution in [1.29, 1.82) is 0 Å². The van der Waals surface area contributed by atoms with Gasteiger partial charge in [0.25, 0.3) is 5.91 Å². The second kappa shape index (κ2) is 5.58. The maximum atomic E-state index is 14.5. The van der Waals surface area contributed by atoms with Gasteiger partial charge in [0, 0.05) is 18.7 Å². The van der Waals surface area contributed by atoms with E-state index in [1.807, 2.05) is 0 Å². The lowest BCUT2D eigenvalue weighted by Crippen LogP contribution is -2.35. The molecule has 0 aromatic heterocycles. The first-order valence-corrected chi connectivity index (χ1v) is 8.33. The van der Waals surface area contributed by atoms with E-state index in [0.717, 1.165) is 29.7 Å². The van der Waals surface area contributed by atoms with Crippen LogP contribution < -0.4 is 10.2 Å². The molecule has 1 unspecified atom stereocenters. The molecule has 4 rings (SSSR count). The summed E-state index contributed by atoms with van der Waals surface area (Å²) in [6.45, 7) is 0.536. The molecule has 1 aromatic rings. The van der Waals surface area contributed by atoms with E-state index in [-0.39, 0.29) is 17.5 Å². The summed E-state index contributed by atoms with van der Waals surface area (Å²) in [4.78, 5) is 39.3. The van der Waals surface area contributed by atoms with Crippen molar-refractivity contribution in [3.05, 3.63) is 23.5 Å². The molecule has 24 heavy (non-hydrogen) atoms. The van der Waals surface area contributed by atoms with Crippen LogP contribution in [0.3, 0.4) is 0 Å². The normalized spacial score (nSPS) is 23.7. The molecule has 0 spiro atoms. The maximum Gasteiger partial charge on any atom is 0.332 e. The zero-order valence-corrected chi connectivity index (χ0v) is 13.2. The number of nitrogens with one attached hydrogen (secondary N) is 1. The van der Waals surface area contributed by atoms with E-state index < -0.39 is 17.9 Å². The van der Waals surface area contributed by atoms with Gasteiger partial charge in [-0.05, 0) is 37.0 Å². The second-order valence-electron chi connectivity index (χ2n) is 6.52. The number of carbonyl (C=O) groups excluding carboxylic acids is 3. The van der Waals surface area contributed by atoms with E-state index in [0.29, 0.717) is 31.5 Å². The van der Waals surface area contributed by atoms with Crippen molar-refractivity contribution in [3.8, 4) is 0 Å². The molecule has 7 heteroatoms. The van der Waals surface area contributed by atoms with E-state index in [4.69, 9.17) is 0 Å². The third kappa shape index (κ3) is 2.26. The molecule has 1 N–H and O–H groups in total. The van der Waals surface area contributed by atoms with Crippen LogP contribution in [0.4, 0.5) is 20.6 Å². The van der Waals surface area contributed by atoms with Crippen LogP contribution in [-0.4, -0.2) is 35.3 Å². The fourth-order valence-electron chi connectivity index (χ4n) is 3.75. The molecule has 3 aliphatic rings. The first kappa shape index (κ1) is 15.1. The molecule has 1 aromatic carbocycles. The molecule has 1 atom stereocenters. The first-order valence-electron chi connectivity index (χ1n) is 8.33. The Morgan fingerprint density at radius 2 is 1.92 bits per heavy atom. The molecule has 6 nitrogen and oxygen atoms in total. The molecule has 126 valence electrons. The maximum absolute atomic E-state index is 14.5. The minimum Gasteiger partial charge on any atom is -0.326 e. The molecule has 0 bridgehead atoms. The average molecular weight is 331 g/mol. The number of anilines is 2. The summed E-state index contributed by atoms with van der Waals surface area (Å²) in [6, 6.07) is 1.80. The van der Waals surface area contributed by atoms with E-state index >= 15 is 0 Å². The molecule has 3 aliphatic heterocycles. The molecular weight excluding hydrogens is 313 g/mol. The van der Waals surface area contributed by atoms with Gasteiger partial charge in [-0.1, -0.05) is 12.8 Å². The van der Waals surface area contributed by atoms with Gasteiger partial charge >= 0.3 is 6.03 Å². The Balaban J connectivity index is 1.72. The van der Waals surface area contributed by atoms with Crippen molar-refractivity contribution < 1.29 is 18.8 Å². The zero-order valence-electron chi connectivity index (χ0n) is 13.2. The Morgan fingerprint density at radius 3 is 2.75 bits per heavy atom. The number of rotatable bonds is 1. The number of amides is 4. The van der Waals surface area contributed by atoms with Gasteiger partial charge in [0.05, 0.1) is 5.69 Å². The molecule has 2 saturated heterocycles. The van der Waals surface area contributed by atoms with E-state index in [2.05, 4.69) is 5.32 Å². The lowest BCUT2D eigenvalue weighted by molar-refractivity contribution is -0.120. The highest BCUT2D eigenvalue weighted by molar-refractivity contribution is 6.21. The van der Waals surface area contributed by atoms with Crippen molar-refractivity contribution in [2.24, 2.45) is 0 Å². The van der Waals surface area contributed by atoms with E-state index in [1.54, 1.807) is 4.90 Å². The van der Waals surface area contributed by atoms with Crippen LogP contribution in [-0.2, 0) is 16.0 Å². The smallest absolute Gasteiger partial charge is 0.326 e. The van der Waals surface area contributed by atoms with Gasteiger partial charge in [-0.15, -0.1) is 0 Å². The standard InChI is InChI=1S/C17H18FN3O3/c18-11-9-12-10(5-6-15(22)19-12)8-14(11)21-16(23)13-4-2-1-3-7-20(13)17(21)24/h8-9,13H,1-7H2,(H,19,22). The van der Waals surface area contributed by atoms with E-state index in [9.17, 15) is 18.8 Å². The number of hydrogen-bond acceptors (Lipinski definition) is 3. The van der Waals surface area contributed by atoms with Crippen molar-refractivity contribution in [3.63, 3.8) is 0 Å². The van der Waals surface area contributed by atoms with Crippen LogP contribution in [0.1, 0.15) is 37.7 Å². The fourth-order valence-corrected chi connectivity index (χ4v) is 3.75. The molecule has 0 saturated carbocycles. The Morgan fingerprint density at radius 1 is 1.08 bits per heavy atom. The van der Waals surface area contributed by atoms with Crippen LogP contribution in [0, 0.1) is 5.82 Å². The molecule has 0 aliphatic carbocycles. The van der Waals surface area contributed by atoms with Gasteiger partial charge in [-0.3, -0.25) is 9.59 Å². The third-order valence-corrected chi connectivity index (χ3v) is 5.00. The predicted octanol–water partition coefficient (Wildman–Crippen LogP) is 2.42. The Labute approximate surface area is 138 Å². The van der Waals surface area contributed by atoms with Gasteiger partial charge in [0.15, 0.2) is 0 Å². The van der Waals surface area contributed by atoms with Crippen molar-refractivity contribution in [1.82, 2.24) is 4.90 Å². The van der Waals surface area contributed by atoms with Gasteiger partial charge < -0.3 is 10.2 Å². The number of nitrogens with zero attached hydrogens (tertiary/aromatic N) is 2. The van der Waals surface area contributed by atoms with Crippen molar-refractivity contribution >= 4 is 29.2 Å². The molecule has 2 fully saturated rings. The van der Waals surface area contributed by atoms with E-state index in [1.165, 1.54) is 12.1 Å². The summed E-state index contributed by atoms with van der Waals surface area (Å²) in [5, 5.41) is 2.62. The van der Waals surface area contributed by atoms with Gasteiger partial charge in [0.2, 0.25) is 5.91 Å². The average Bonchev–Trinajstić information content (AvgIpc) is 2.73. The lowest BCUT2D eigenvalue weighted by Gasteiger charge is -2.21. The molecule has 3 heterocycles. The van der Waals surface area contributed by atoms with Crippen LogP contribution in [0.2, 0.25) is 0 Å². The Bertz CT molecular complexity index is 725. The summed E-state index contributed by atoms with van der Waals surface area (Å²) in [7, 11) is 0. The van der Waals surface area contributed by atoms with Crippen LogP contribution in [0.15, 0.2) is 12.1 Å². The Kier molecular flexibility index (Phi) is 3.51. The number of carbonyl (C=O) groups is 3. The SMILES string of the molecule is O=C1CCc2cc(N3C(=O)C4CCCCCN4C3=O)c(F)cc2N1. The summed E-state index contributed by atoms with van der Waals surface area (Å²) in [5.41, 5.74) is 1.16. The van der Waals surface area contributed by atoms with Gasteiger partial charge in [0.1, 0.15) is 11.9 Å². The minimum absolute atomic E-state index is 0.00651. The number of aryl methyl sites for hydroxylation is 1. The third-order valence-electron chi connectivity index (χ3n) is 5.00. The fraction of sp³-hybridized carbons (Fsp3) is 0.471. The highest BCUT2D eigenvalue weighted by atomic mass is 19.1. The summed E-state index contributed by atoms with van der Waals surface area (Å²) in [6.07, 6.45) is 4.17. The summed E-state index contributed by atoms with van der Waals surface area (Å²) >= 11 is 0. The van der Waals surface area contributed by atoms with Crippen LogP contribution >= 0.6 is 0 Å². The zero-order chi connectivity index (χ0) is 16.8. The molecule has 0 radical (unpaired) electrons. The monoisotopic (exact) mass is 331 g/mol.